The molecule has 0 saturated carbocycles. The van der Waals surface area contributed by atoms with Crippen LogP contribution in [-0.2, 0) is 4.79 Å². The largest absolute Gasteiger partial charge is 0.328 e. The number of amides is 1. The van der Waals surface area contributed by atoms with Gasteiger partial charge in [-0.25, -0.2) is 4.68 Å². The second kappa shape index (κ2) is 8.31. The standard InChI is InChI=1S/C22H24N6OS/c1-5-30-22-26-21-24-15(4)18(19(28(21)27-22)16-9-11-23-12-10-16)20(29)25-17-8-6-7-13(2)14(17)3/h6-12,19H,5H2,1-4H3,(H,25,29)(H,24,26,27). The maximum absolute atomic E-state index is 13.5. The van der Waals surface area contributed by atoms with Crippen molar-refractivity contribution in [1.29, 1.82) is 0 Å². The van der Waals surface area contributed by atoms with Gasteiger partial charge in [-0.15, -0.1) is 5.10 Å². The number of hydrogen-bond acceptors (Lipinski definition) is 6. The summed E-state index contributed by atoms with van der Waals surface area (Å²) in [6.45, 7) is 8.00. The van der Waals surface area contributed by atoms with Gasteiger partial charge in [0, 0.05) is 23.8 Å². The fourth-order valence-corrected chi connectivity index (χ4v) is 4.10. The zero-order valence-corrected chi connectivity index (χ0v) is 18.2. The van der Waals surface area contributed by atoms with E-state index in [4.69, 9.17) is 0 Å². The summed E-state index contributed by atoms with van der Waals surface area (Å²) in [5, 5.41) is 11.7. The van der Waals surface area contributed by atoms with Crippen LogP contribution < -0.4 is 10.6 Å². The minimum Gasteiger partial charge on any atom is -0.328 e. The number of aromatic nitrogens is 4. The summed E-state index contributed by atoms with van der Waals surface area (Å²) >= 11 is 1.57. The first-order valence-corrected chi connectivity index (χ1v) is 10.8. The van der Waals surface area contributed by atoms with Crippen LogP contribution in [0.15, 0.2) is 59.2 Å². The van der Waals surface area contributed by atoms with Gasteiger partial charge in [-0.1, -0.05) is 30.8 Å². The Kier molecular flexibility index (Phi) is 5.59. The highest BCUT2D eigenvalue weighted by atomic mass is 32.2. The molecule has 0 bridgehead atoms. The molecular weight excluding hydrogens is 396 g/mol. The number of pyridine rings is 1. The Morgan fingerprint density at radius 1 is 1.20 bits per heavy atom. The quantitative estimate of drug-likeness (QED) is 0.598. The highest BCUT2D eigenvalue weighted by Crippen LogP contribution is 2.36. The van der Waals surface area contributed by atoms with Crippen LogP contribution in [0.1, 0.15) is 36.6 Å². The summed E-state index contributed by atoms with van der Waals surface area (Å²) in [5.74, 6) is 1.34. The second-order valence-electron chi connectivity index (χ2n) is 7.14. The molecule has 3 heterocycles. The van der Waals surface area contributed by atoms with E-state index in [9.17, 15) is 4.79 Å². The Morgan fingerprint density at radius 2 is 1.97 bits per heavy atom. The SMILES string of the molecule is CCSc1nc2n(n1)C(c1ccncc1)C(C(=O)Nc1cccc(C)c1C)=C(C)N2. The monoisotopic (exact) mass is 420 g/mol. The average molecular weight is 421 g/mol. The van der Waals surface area contributed by atoms with Gasteiger partial charge in [-0.3, -0.25) is 9.78 Å². The summed E-state index contributed by atoms with van der Waals surface area (Å²) in [5.41, 5.74) is 5.28. The van der Waals surface area contributed by atoms with E-state index in [0.717, 1.165) is 33.8 Å². The van der Waals surface area contributed by atoms with Crippen LogP contribution in [0.2, 0.25) is 0 Å². The molecule has 0 saturated heterocycles. The first-order chi connectivity index (χ1) is 14.5. The number of aryl methyl sites for hydroxylation is 1. The molecule has 7 nitrogen and oxygen atoms in total. The Balaban J connectivity index is 1.77. The summed E-state index contributed by atoms with van der Waals surface area (Å²) in [4.78, 5) is 22.2. The van der Waals surface area contributed by atoms with E-state index in [2.05, 4.69) is 32.6 Å². The lowest BCUT2D eigenvalue weighted by molar-refractivity contribution is -0.113. The maximum atomic E-state index is 13.5. The molecule has 0 spiro atoms. The van der Waals surface area contributed by atoms with E-state index in [1.54, 1.807) is 28.8 Å². The van der Waals surface area contributed by atoms with E-state index in [0.29, 0.717) is 16.7 Å². The number of fused-ring (bicyclic) bond motifs is 1. The number of nitrogens with zero attached hydrogens (tertiary/aromatic N) is 4. The Bertz CT molecular complexity index is 1120. The molecule has 1 unspecified atom stereocenters. The number of carbonyl (C=O) groups is 1. The number of rotatable bonds is 5. The van der Waals surface area contributed by atoms with Crippen LogP contribution in [-0.4, -0.2) is 31.4 Å². The molecule has 1 aliphatic heterocycles. The maximum Gasteiger partial charge on any atom is 0.255 e. The lowest BCUT2D eigenvalue weighted by Crippen LogP contribution is -2.31. The van der Waals surface area contributed by atoms with Gasteiger partial charge < -0.3 is 10.6 Å². The third-order valence-corrected chi connectivity index (χ3v) is 5.95. The van der Waals surface area contributed by atoms with Crippen molar-refractivity contribution in [3.05, 3.63) is 70.7 Å². The molecule has 2 aromatic heterocycles. The van der Waals surface area contributed by atoms with Crippen LogP contribution in [0.4, 0.5) is 11.6 Å². The average Bonchev–Trinajstić information content (AvgIpc) is 3.13. The molecule has 4 rings (SSSR count). The number of hydrogen-bond donors (Lipinski definition) is 2. The number of thioether (sulfide) groups is 1. The van der Waals surface area contributed by atoms with Gasteiger partial charge in [0.2, 0.25) is 11.1 Å². The number of benzene rings is 1. The molecule has 0 aliphatic carbocycles. The van der Waals surface area contributed by atoms with Crippen LogP contribution in [0.3, 0.4) is 0 Å². The fraction of sp³-hybridized carbons (Fsp3) is 0.273. The minimum atomic E-state index is -0.395. The molecule has 2 N–H and O–H groups in total. The molecule has 0 fully saturated rings. The molecule has 0 radical (unpaired) electrons. The number of carbonyl (C=O) groups excluding carboxylic acids is 1. The lowest BCUT2D eigenvalue weighted by Gasteiger charge is -2.28. The number of nitrogens with one attached hydrogen (secondary N) is 2. The third-order valence-electron chi connectivity index (χ3n) is 5.23. The molecule has 1 atom stereocenters. The summed E-state index contributed by atoms with van der Waals surface area (Å²) in [7, 11) is 0. The van der Waals surface area contributed by atoms with Crippen molar-refractivity contribution < 1.29 is 4.79 Å². The van der Waals surface area contributed by atoms with E-state index < -0.39 is 6.04 Å². The van der Waals surface area contributed by atoms with Crippen molar-refractivity contribution in [2.24, 2.45) is 0 Å². The van der Waals surface area contributed by atoms with Gasteiger partial charge in [0.25, 0.3) is 5.91 Å². The predicted molar refractivity (Wildman–Crippen MR) is 120 cm³/mol. The molecule has 1 aliphatic rings. The molecule has 3 aromatic rings. The van der Waals surface area contributed by atoms with Crippen molar-refractivity contribution in [3.63, 3.8) is 0 Å². The number of allylic oxidation sites excluding steroid dienone is 1. The smallest absolute Gasteiger partial charge is 0.255 e. The van der Waals surface area contributed by atoms with Gasteiger partial charge in [0.05, 0.1) is 5.57 Å². The van der Waals surface area contributed by atoms with Crippen LogP contribution >= 0.6 is 11.8 Å². The van der Waals surface area contributed by atoms with Gasteiger partial charge in [0.15, 0.2) is 0 Å². The molecule has 1 aromatic carbocycles. The van der Waals surface area contributed by atoms with E-state index >= 15 is 0 Å². The van der Waals surface area contributed by atoms with Crippen LogP contribution in [0.5, 0.6) is 0 Å². The first kappa shape index (κ1) is 20.2. The lowest BCUT2D eigenvalue weighted by atomic mass is 9.95. The van der Waals surface area contributed by atoms with Gasteiger partial charge in [0.1, 0.15) is 6.04 Å². The van der Waals surface area contributed by atoms with Gasteiger partial charge in [-0.2, -0.15) is 4.98 Å². The summed E-state index contributed by atoms with van der Waals surface area (Å²) in [6.07, 6.45) is 3.45. The molecule has 1 amide bonds. The van der Waals surface area contributed by atoms with Crippen molar-refractivity contribution in [2.45, 2.75) is 38.9 Å². The van der Waals surface area contributed by atoms with Crippen LogP contribution in [0, 0.1) is 13.8 Å². The zero-order valence-electron chi connectivity index (χ0n) is 17.4. The topological polar surface area (TPSA) is 84.7 Å². The number of anilines is 2. The fourth-order valence-electron chi connectivity index (χ4n) is 3.55. The highest BCUT2D eigenvalue weighted by Gasteiger charge is 2.34. The Hall–Kier alpha value is -3.13. The van der Waals surface area contributed by atoms with Crippen molar-refractivity contribution in [1.82, 2.24) is 19.7 Å². The van der Waals surface area contributed by atoms with E-state index in [-0.39, 0.29) is 5.91 Å². The van der Waals surface area contributed by atoms with Crippen LogP contribution in [0.25, 0.3) is 0 Å². The Labute approximate surface area is 180 Å². The highest BCUT2D eigenvalue weighted by molar-refractivity contribution is 7.99. The third kappa shape index (κ3) is 3.70. The first-order valence-electron chi connectivity index (χ1n) is 9.84. The summed E-state index contributed by atoms with van der Waals surface area (Å²) < 4.78 is 1.79. The molecular formula is C22H24N6OS. The van der Waals surface area contributed by atoms with Crippen molar-refractivity contribution in [2.75, 3.05) is 16.4 Å². The summed E-state index contributed by atoms with van der Waals surface area (Å²) in [6, 6.07) is 9.33. The van der Waals surface area contributed by atoms with E-state index in [1.807, 2.05) is 51.1 Å². The van der Waals surface area contributed by atoms with Crippen molar-refractivity contribution >= 4 is 29.3 Å². The predicted octanol–water partition coefficient (Wildman–Crippen LogP) is 4.33. The van der Waals surface area contributed by atoms with Crippen molar-refractivity contribution in [3.8, 4) is 0 Å². The molecule has 30 heavy (non-hydrogen) atoms. The molecule has 154 valence electrons. The van der Waals surface area contributed by atoms with Gasteiger partial charge in [-0.05, 0) is 61.4 Å². The second-order valence-corrected chi connectivity index (χ2v) is 8.38. The van der Waals surface area contributed by atoms with E-state index in [1.165, 1.54) is 0 Å². The minimum absolute atomic E-state index is 0.165. The van der Waals surface area contributed by atoms with Gasteiger partial charge >= 0.3 is 0 Å². The normalized spacial score (nSPS) is 15.5. The molecule has 8 heteroatoms. The Morgan fingerprint density at radius 3 is 2.70 bits per heavy atom. The zero-order chi connectivity index (χ0) is 21.3.